The summed E-state index contributed by atoms with van der Waals surface area (Å²) < 4.78 is 3.10. The Hall–Kier alpha value is -1.79. The highest BCUT2D eigenvalue weighted by atomic mass is 35.5. The zero-order valence-corrected chi connectivity index (χ0v) is 20.3. The summed E-state index contributed by atoms with van der Waals surface area (Å²) in [6, 6.07) is 16.0. The fourth-order valence-corrected chi connectivity index (χ4v) is 6.18. The van der Waals surface area contributed by atoms with Crippen LogP contribution in [0.1, 0.15) is 25.2 Å². The van der Waals surface area contributed by atoms with Crippen molar-refractivity contribution in [1.29, 1.82) is 0 Å². The molecule has 4 aromatic rings. The molecule has 2 aromatic heterocycles. The fraction of sp³-hybridized carbons (Fsp3) is 0.217. The molecule has 0 radical (unpaired) electrons. The highest BCUT2D eigenvalue weighted by Gasteiger charge is 2.21. The first-order chi connectivity index (χ1) is 14.3. The lowest BCUT2D eigenvalue weighted by Crippen LogP contribution is -1.98. The van der Waals surface area contributed by atoms with E-state index in [1.54, 1.807) is 23.1 Å². The van der Waals surface area contributed by atoms with Crippen molar-refractivity contribution in [1.82, 2.24) is 14.8 Å². The molecule has 0 amide bonds. The summed E-state index contributed by atoms with van der Waals surface area (Å²) in [5.41, 5.74) is 6.26. The molecule has 7 heteroatoms. The Morgan fingerprint density at radius 2 is 1.70 bits per heavy atom. The number of aryl methyl sites for hydroxylation is 1. The van der Waals surface area contributed by atoms with Crippen LogP contribution in [0.15, 0.2) is 52.7 Å². The molecule has 0 atom stereocenters. The summed E-state index contributed by atoms with van der Waals surface area (Å²) in [6.45, 7) is 8.50. The van der Waals surface area contributed by atoms with Crippen molar-refractivity contribution in [3.05, 3.63) is 70.0 Å². The molecule has 0 aliphatic carbocycles. The molecule has 0 aliphatic rings. The molecule has 154 valence electrons. The van der Waals surface area contributed by atoms with Crippen LogP contribution in [0.4, 0.5) is 0 Å². The largest absolute Gasteiger partial charge is 0.217 e. The minimum atomic E-state index is 0.431. The molecule has 30 heavy (non-hydrogen) atoms. The SMILES string of the molecule is Cc1nn(-c2nc(-c3ccc(Cl)c(Cl)c3)c(SC(C)C)s2)c(C)c1-c1ccccc1. The maximum atomic E-state index is 6.28. The van der Waals surface area contributed by atoms with Gasteiger partial charge in [-0.3, -0.25) is 0 Å². The number of benzene rings is 2. The molecule has 0 spiro atoms. The number of halogens is 2. The number of thiazole rings is 1. The summed E-state index contributed by atoms with van der Waals surface area (Å²) in [6.07, 6.45) is 0. The van der Waals surface area contributed by atoms with Gasteiger partial charge in [0.15, 0.2) is 0 Å². The Labute approximate surface area is 195 Å². The quantitative estimate of drug-likeness (QED) is 0.274. The maximum Gasteiger partial charge on any atom is 0.212 e. The van der Waals surface area contributed by atoms with E-state index in [4.69, 9.17) is 33.3 Å². The summed E-state index contributed by atoms with van der Waals surface area (Å²) in [7, 11) is 0. The molecule has 0 aliphatic heterocycles. The monoisotopic (exact) mass is 473 g/mol. The number of hydrogen-bond donors (Lipinski definition) is 0. The first-order valence-electron chi connectivity index (χ1n) is 9.60. The van der Waals surface area contributed by atoms with Gasteiger partial charge in [-0.05, 0) is 31.5 Å². The number of thioether (sulfide) groups is 1. The van der Waals surface area contributed by atoms with Crippen LogP contribution in [0.25, 0.3) is 27.5 Å². The molecule has 0 fully saturated rings. The van der Waals surface area contributed by atoms with Crippen molar-refractivity contribution in [3.63, 3.8) is 0 Å². The lowest BCUT2D eigenvalue weighted by atomic mass is 10.0. The number of aromatic nitrogens is 3. The summed E-state index contributed by atoms with van der Waals surface area (Å²) in [5.74, 6) is 0. The van der Waals surface area contributed by atoms with E-state index in [1.807, 2.05) is 35.9 Å². The molecule has 0 N–H and O–H groups in total. The normalized spacial score (nSPS) is 11.4. The first-order valence-corrected chi connectivity index (χ1v) is 12.0. The van der Waals surface area contributed by atoms with Crippen LogP contribution in [0, 0.1) is 13.8 Å². The van der Waals surface area contributed by atoms with E-state index in [1.165, 1.54) is 0 Å². The van der Waals surface area contributed by atoms with E-state index < -0.39 is 0 Å². The minimum absolute atomic E-state index is 0.431. The third-order valence-corrected chi connectivity index (χ3v) is 7.64. The smallest absolute Gasteiger partial charge is 0.212 e. The van der Waals surface area contributed by atoms with Gasteiger partial charge in [0.25, 0.3) is 0 Å². The molecule has 2 heterocycles. The minimum Gasteiger partial charge on any atom is -0.217 e. The van der Waals surface area contributed by atoms with Gasteiger partial charge in [0.2, 0.25) is 5.13 Å². The highest BCUT2D eigenvalue weighted by molar-refractivity contribution is 8.01. The second-order valence-electron chi connectivity index (χ2n) is 7.25. The molecular formula is C23H21Cl2N3S2. The predicted molar refractivity (Wildman–Crippen MR) is 131 cm³/mol. The molecule has 0 saturated carbocycles. The van der Waals surface area contributed by atoms with Crippen molar-refractivity contribution in [2.45, 2.75) is 37.2 Å². The average Bonchev–Trinajstić information content (AvgIpc) is 3.24. The zero-order valence-electron chi connectivity index (χ0n) is 17.1. The number of rotatable bonds is 5. The van der Waals surface area contributed by atoms with Gasteiger partial charge in [-0.25, -0.2) is 9.67 Å². The van der Waals surface area contributed by atoms with E-state index >= 15 is 0 Å². The number of hydrogen-bond acceptors (Lipinski definition) is 4. The lowest BCUT2D eigenvalue weighted by molar-refractivity contribution is 0.826. The fourth-order valence-electron chi connectivity index (χ4n) is 3.36. The van der Waals surface area contributed by atoms with Gasteiger partial charge in [0, 0.05) is 16.4 Å². The highest BCUT2D eigenvalue weighted by Crippen LogP contribution is 2.41. The van der Waals surface area contributed by atoms with E-state index in [0.29, 0.717) is 15.3 Å². The Bertz CT molecular complexity index is 1200. The second-order valence-corrected chi connectivity index (χ2v) is 10.9. The van der Waals surface area contributed by atoms with Gasteiger partial charge in [-0.15, -0.1) is 11.8 Å². The molecule has 3 nitrogen and oxygen atoms in total. The van der Waals surface area contributed by atoms with Crippen LogP contribution in [-0.4, -0.2) is 20.0 Å². The summed E-state index contributed by atoms with van der Waals surface area (Å²) >= 11 is 15.9. The van der Waals surface area contributed by atoms with E-state index in [2.05, 4.69) is 45.0 Å². The van der Waals surface area contributed by atoms with E-state index in [0.717, 1.165) is 43.1 Å². The first kappa shape index (κ1) is 21.4. The van der Waals surface area contributed by atoms with Gasteiger partial charge in [-0.2, -0.15) is 5.10 Å². The molecule has 0 unspecified atom stereocenters. The third-order valence-electron chi connectivity index (χ3n) is 4.66. The summed E-state index contributed by atoms with van der Waals surface area (Å²) in [5, 5.41) is 7.17. The summed E-state index contributed by atoms with van der Waals surface area (Å²) in [4.78, 5) is 4.98. The van der Waals surface area contributed by atoms with Crippen molar-refractivity contribution in [2.24, 2.45) is 0 Å². The third kappa shape index (κ3) is 4.17. The predicted octanol–water partition coefficient (Wildman–Crippen LogP) is 8.09. The van der Waals surface area contributed by atoms with Crippen LogP contribution in [0.2, 0.25) is 10.0 Å². The number of nitrogens with zero attached hydrogens (tertiary/aromatic N) is 3. The van der Waals surface area contributed by atoms with Crippen LogP contribution in [-0.2, 0) is 0 Å². The topological polar surface area (TPSA) is 30.7 Å². The van der Waals surface area contributed by atoms with Crippen LogP contribution < -0.4 is 0 Å². The van der Waals surface area contributed by atoms with Gasteiger partial charge in [0.05, 0.1) is 31.3 Å². The average molecular weight is 474 g/mol. The Balaban J connectivity index is 1.84. The molecular weight excluding hydrogens is 453 g/mol. The van der Waals surface area contributed by atoms with Crippen molar-refractivity contribution in [3.8, 4) is 27.5 Å². The van der Waals surface area contributed by atoms with Gasteiger partial charge < -0.3 is 0 Å². The van der Waals surface area contributed by atoms with Gasteiger partial charge >= 0.3 is 0 Å². The molecule has 0 saturated heterocycles. The zero-order chi connectivity index (χ0) is 21.4. The van der Waals surface area contributed by atoms with Crippen LogP contribution in [0.5, 0.6) is 0 Å². The van der Waals surface area contributed by atoms with Crippen molar-refractivity contribution in [2.75, 3.05) is 0 Å². The van der Waals surface area contributed by atoms with Crippen molar-refractivity contribution < 1.29 is 0 Å². The Morgan fingerprint density at radius 1 is 0.967 bits per heavy atom. The molecule has 0 bridgehead atoms. The van der Waals surface area contributed by atoms with E-state index in [-0.39, 0.29) is 0 Å². The molecule has 2 aromatic carbocycles. The van der Waals surface area contributed by atoms with Crippen LogP contribution >= 0.6 is 46.3 Å². The standard InChI is InChI=1S/C23H21Cl2N3S2/c1-13(2)29-22-21(17-10-11-18(24)19(25)12-17)26-23(30-22)28-15(4)20(14(3)27-28)16-8-6-5-7-9-16/h5-13H,1-4H3. The van der Waals surface area contributed by atoms with E-state index in [9.17, 15) is 0 Å². The maximum absolute atomic E-state index is 6.28. The van der Waals surface area contributed by atoms with Crippen LogP contribution in [0.3, 0.4) is 0 Å². The van der Waals surface area contributed by atoms with Gasteiger partial charge in [-0.1, -0.05) is 84.8 Å². The van der Waals surface area contributed by atoms with Gasteiger partial charge in [0.1, 0.15) is 0 Å². The Morgan fingerprint density at radius 3 is 2.37 bits per heavy atom. The molecule has 4 rings (SSSR count). The second kappa shape index (κ2) is 8.75. The lowest BCUT2D eigenvalue weighted by Gasteiger charge is -2.05. The Kier molecular flexibility index (Phi) is 6.26. The van der Waals surface area contributed by atoms with Crippen molar-refractivity contribution >= 4 is 46.3 Å².